The molecule has 12 nitrogen and oxygen atoms in total. The summed E-state index contributed by atoms with van der Waals surface area (Å²) in [5, 5.41) is 20.6. The van der Waals surface area contributed by atoms with Crippen molar-refractivity contribution in [2.24, 2.45) is 0 Å². The lowest BCUT2D eigenvalue weighted by molar-refractivity contribution is -0.385. The number of rotatable bonds is 7. The zero-order valence-electron chi connectivity index (χ0n) is 20.4. The molecule has 0 aromatic carbocycles. The van der Waals surface area contributed by atoms with Crippen LogP contribution < -0.4 is 0 Å². The molecule has 0 saturated carbocycles. The number of alkyl halides is 1. The summed E-state index contributed by atoms with van der Waals surface area (Å²) in [6, 6.07) is 3.10. The highest BCUT2D eigenvalue weighted by atomic mass is 35.5. The van der Waals surface area contributed by atoms with E-state index in [-0.39, 0.29) is 16.3 Å². The van der Waals surface area contributed by atoms with Crippen molar-refractivity contribution in [3.8, 4) is 0 Å². The molecule has 4 rings (SSSR count). The van der Waals surface area contributed by atoms with Gasteiger partial charge in [0, 0.05) is 75.2 Å². The third-order valence-electron chi connectivity index (χ3n) is 5.60. The minimum atomic E-state index is -0.427. The Hall–Kier alpha value is -2.51. The van der Waals surface area contributed by atoms with E-state index in [9.17, 15) is 20.2 Å². The van der Waals surface area contributed by atoms with Gasteiger partial charge in [0.05, 0.1) is 48.7 Å². The summed E-state index contributed by atoms with van der Waals surface area (Å²) in [5.41, 5.74) is 2.03. The first-order valence-corrected chi connectivity index (χ1v) is 12.1. The minimum absolute atomic E-state index is 0.118. The maximum absolute atomic E-state index is 10.6. The second-order valence-electron chi connectivity index (χ2n) is 8.19. The maximum Gasteiger partial charge on any atom is 0.287 e. The first kappa shape index (κ1) is 28.7. The van der Waals surface area contributed by atoms with Crippen molar-refractivity contribution >= 4 is 23.0 Å². The summed E-state index contributed by atoms with van der Waals surface area (Å²) in [6.07, 6.45) is 2.98. The van der Waals surface area contributed by atoms with E-state index in [1.54, 1.807) is 19.2 Å². The molecule has 0 aliphatic carbocycles. The fraction of sp³-hybridized carbons (Fsp3) is 0.636. The molecule has 0 amide bonds. The number of nitrogens with one attached hydrogen (secondary N) is 1. The van der Waals surface area contributed by atoms with E-state index in [0.717, 1.165) is 89.5 Å². The number of nitrogens with zero attached hydrogens (tertiary/aromatic N) is 5. The molecule has 196 valence electrons. The Morgan fingerprint density at radius 1 is 0.886 bits per heavy atom. The van der Waals surface area contributed by atoms with Crippen LogP contribution in [0.15, 0.2) is 24.5 Å². The highest BCUT2D eigenvalue weighted by molar-refractivity contribution is 6.18. The first-order valence-electron chi connectivity index (χ1n) is 11.6. The molecule has 0 bridgehead atoms. The summed E-state index contributed by atoms with van der Waals surface area (Å²) < 4.78 is 12.4. The summed E-state index contributed by atoms with van der Waals surface area (Å²) in [5.74, 6) is 0.736. The average Bonchev–Trinajstić information content (AvgIpc) is 3.46. The quantitative estimate of drug-likeness (QED) is 0.339. The fourth-order valence-corrected chi connectivity index (χ4v) is 3.79. The Kier molecular flexibility index (Phi) is 12.7. The SMILES string of the molecule is Cc1cc([N+](=O)[O-])c[nH]1.Cc1cc([N+](=O)[O-])cn1CCN1CCOCC1.ClCCN1CCOCC1. The molecule has 1 N–H and O–H groups in total. The van der Waals surface area contributed by atoms with E-state index in [0.29, 0.717) is 0 Å². The molecule has 2 fully saturated rings. The van der Waals surface area contributed by atoms with Crippen LogP contribution in [0.3, 0.4) is 0 Å². The monoisotopic (exact) mass is 514 g/mol. The molecule has 0 unspecified atom stereocenters. The Labute approximate surface area is 210 Å². The van der Waals surface area contributed by atoms with Crippen molar-refractivity contribution in [3.63, 3.8) is 0 Å². The van der Waals surface area contributed by atoms with Crippen LogP contribution in [0.1, 0.15) is 11.4 Å². The van der Waals surface area contributed by atoms with Gasteiger partial charge >= 0.3 is 0 Å². The van der Waals surface area contributed by atoms with Crippen LogP contribution in [0, 0.1) is 34.1 Å². The predicted octanol–water partition coefficient (Wildman–Crippen LogP) is 2.83. The standard InChI is InChI=1S/C11H17N3O3.C6H12ClNO.C5H6N2O2/c1-10-8-11(14(15)16)9-13(10)3-2-12-4-6-17-7-5-12;7-1-2-8-3-5-9-6-4-8;1-4-2-5(3-6-4)7(8)9/h8-9H,2-7H2,1H3;1-6H2;2-3,6H,1H3. The third kappa shape index (κ3) is 10.7. The van der Waals surface area contributed by atoms with Crippen LogP contribution in [0.4, 0.5) is 11.4 Å². The second-order valence-corrected chi connectivity index (χ2v) is 8.56. The number of H-pyrrole nitrogens is 1. The number of ether oxygens (including phenoxy) is 2. The van der Waals surface area contributed by atoms with E-state index >= 15 is 0 Å². The summed E-state index contributed by atoms with van der Waals surface area (Å²) in [7, 11) is 0. The fourth-order valence-electron chi connectivity index (χ4n) is 3.55. The Balaban J connectivity index is 0.000000203. The van der Waals surface area contributed by atoms with Gasteiger partial charge in [-0.15, -0.1) is 11.6 Å². The third-order valence-corrected chi connectivity index (χ3v) is 5.77. The van der Waals surface area contributed by atoms with Crippen LogP contribution >= 0.6 is 11.6 Å². The van der Waals surface area contributed by atoms with Gasteiger partial charge in [-0.05, 0) is 13.8 Å². The van der Waals surface area contributed by atoms with E-state index in [1.165, 1.54) is 12.3 Å². The van der Waals surface area contributed by atoms with Crippen molar-refractivity contribution in [1.29, 1.82) is 0 Å². The van der Waals surface area contributed by atoms with Crippen molar-refractivity contribution in [2.75, 3.05) is 71.6 Å². The van der Waals surface area contributed by atoms with E-state index in [4.69, 9.17) is 21.1 Å². The van der Waals surface area contributed by atoms with Gasteiger partial charge in [-0.1, -0.05) is 0 Å². The number of nitro groups is 2. The number of aromatic nitrogens is 2. The Morgan fingerprint density at radius 2 is 1.43 bits per heavy atom. The number of morpholine rings is 2. The van der Waals surface area contributed by atoms with Crippen LogP contribution in [0.25, 0.3) is 0 Å². The molecule has 0 atom stereocenters. The number of hydrogen-bond acceptors (Lipinski definition) is 8. The Bertz CT molecular complexity index is 905. The number of aromatic amines is 1. The summed E-state index contributed by atoms with van der Waals surface area (Å²) in [4.78, 5) is 27.2. The molecular weight excluding hydrogens is 480 g/mol. The normalized spacial score (nSPS) is 16.5. The van der Waals surface area contributed by atoms with Crippen LogP contribution in [0.2, 0.25) is 0 Å². The van der Waals surface area contributed by atoms with Gasteiger partial charge in [0.2, 0.25) is 0 Å². The molecule has 2 saturated heterocycles. The van der Waals surface area contributed by atoms with Gasteiger partial charge < -0.3 is 19.0 Å². The predicted molar refractivity (Wildman–Crippen MR) is 133 cm³/mol. The van der Waals surface area contributed by atoms with Crippen molar-refractivity contribution in [1.82, 2.24) is 19.4 Å². The molecule has 0 spiro atoms. The van der Waals surface area contributed by atoms with Gasteiger partial charge in [-0.2, -0.15) is 0 Å². The molecule has 2 aliphatic rings. The highest BCUT2D eigenvalue weighted by Crippen LogP contribution is 2.15. The topological polar surface area (TPSA) is 132 Å². The molecule has 2 aliphatic heterocycles. The van der Waals surface area contributed by atoms with Gasteiger partial charge in [0.1, 0.15) is 0 Å². The highest BCUT2D eigenvalue weighted by Gasteiger charge is 2.14. The van der Waals surface area contributed by atoms with Crippen molar-refractivity contribution in [3.05, 3.63) is 56.1 Å². The van der Waals surface area contributed by atoms with Crippen molar-refractivity contribution < 1.29 is 19.3 Å². The summed E-state index contributed by atoms with van der Waals surface area (Å²) >= 11 is 5.55. The number of hydrogen-bond donors (Lipinski definition) is 1. The Morgan fingerprint density at radius 3 is 1.83 bits per heavy atom. The van der Waals surface area contributed by atoms with Gasteiger partial charge in [-0.25, -0.2) is 0 Å². The molecule has 4 heterocycles. The van der Waals surface area contributed by atoms with Gasteiger partial charge in [0.15, 0.2) is 0 Å². The lowest BCUT2D eigenvalue weighted by Crippen LogP contribution is -2.38. The molecule has 35 heavy (non-hydrogen) atoms. The molecule has 13 heteroatoms. The van der Waals surface area contributed by atoms with Gasteiger partial charge in [-0.3, -0.25) is 30.0 Å². The number of halogens is 1. The zero-order chi connectivity index (χ0) is 25.6. The smallest absolute Gasteiger partial charge is 0.287 e. The van der Waals surface area contributed by atoms with E-state index in [2.05, 4.69) is 14.8 Å². The van der Waals surface area contributed by atoms with E-state index < -0.39 is 4.92 Å². The van der Waals surface area contributed by atoms with Crippen molar-refractivity contribution in [2.45, 2.75) is 20.4 Å². The maximum atomic E-state index is 10.6. The molecule has 2 aromatic rings. The average molecular weight is 515 g/mol. The first-order chi connectivity index (χ1) is 16.8. The molecule has 2 aromatic heterocycles. The second kappa shape index (κ2) is 15.5. The summed E-state index contributed by atoms with van der Waals surface area (Å²) in [6.45, 7) is 13.7. The van der Waals surface area contributed by atoms with Gasteiger partial charge in [0.25, 0.3) is 11.4 Å². The lowest BCUT2D eigenvalue weighted by Gasteiger charge is -2.26. The molecule has 0 radical (unpaired) electrons. The largest absolute Gasteiger partial charge is 0.379 e. The van der Waals surface area contributed by atoms with E-state index in [1.807, 2.05) is 11.5 Å². The number of aryl methyl sites for hydroxylation is 2. The van der Waals surface area contributed by atoms with Crippen LogP contribution in [-0.4, -0.2) is 101 Å². The van der Waals surface area contributed by atoms with Crippen LogP contribution in [0.5, 0.6) is 0 Å². The lowest BCUT2D eigenvalue weighted by atomic mass is 10.4. The van der Waals surface area contributed by atoms with Crippen LogP contribution in [-0.2, 0) is 16.0 Å². The molecular formula is C22H35ClN6O6. The minimum Gasteiger partial charge on any atom is -0.379 e. The zero-order valence-corrected chi connectivity index (χ0v) is 21.1.